The van der Waals surface area contributed by atoms with Gasteiger partial charge in [0.15, 0.2) is 0 Å². The summed E-state index contributed by atoms with van der Waals surface area (Å²) in [5, 5.41) is 0.870. The molecule has 0 aliphatic rings. The van der Waals surface area contributed by atoms with E-state index in [0.29, 0.717) is 0 Å². The number of benzene rings is 1. The van der Waals surface area contributed by atoms with Gasteiger partial charge in [0.2, 0.25) is 0 Å². The van der Waals surface area contributed by atoms with Crippen LogP contribution in [0.5, 0.6) is 0 Å². The Morgan fingerprint density at radius 1 is 1.45 bits per heavy atom. The lowest BCUT2D eigenvalue weighted by Crippen LogP contribution is -1.83. The molecule has 0 amide bonds. The smallest absolute Gasteiger partial charge is 0.0438 e. The lowest BCUT2D eigenvalue weighted by Gasteiger charge is -2.01. The normalized spacial score (nSPS) is 10.1. The minimum atomic E-state index is 0.870. The third-order valence-electron chi connectivity index (χ3n) is 1.53. The van der Waals surface area contributed by atoms with Crippen molar-refractivity contribution in [2.24, 2.45) is 0 Å². The van der Waals surface area contributed by atoms with Crippen LogP contribution in [-0.2, 0) is 6.42 Å². The molecule has 1 rings (SSSR count). The Kier molecular flexibility index (Phi) is 3.41. The molecule has 1 aromatic carbocycles. The number of hydrogen-bond donors (Lipinski definition) is 0. The number of rotatable bonds is 2. The first-order valence-corrected chi connectivity index (χ1v) is 4.85. The number of halogens is 2. The summed E-state index contributed by atoms with van der Waals surface area (Å²) >= 11 is 9.36. The van der Waals surface area contributed by atoms with Crippen LogP contribution in [-0.4, -0.2) is 0 Å². The van der Waals surface area contributed by atoms with Crippen molar-refractivity contribution in [3.8, 4) is 0 Å². The van der Waals surface area contributed by atoms with E-state index in [1.165, 1.54) is 5.56 Å². The topological polar surface area (TPSA) is 0 Å². The Labute approximate surface area is 80.7 Å². The van der Waals surface area contributed by atoms with Crippen LogP contribution < -0.4 is 0 Å². The molecule has 0 aliphatic heterocycles. The first-order valence-electron chi connectivity index (χ1n) is 3.68. The fraction of sp³-hybridized carbons (Fsp3) is 0.333. The van der Waals surface area contributed by atoms with E-state index in [4.69, 9.17) is 11.6 Å². The molecule has 0 bridgehead atoms. The van der Waals surface area contributed by atoms with Gasteiger partial charge in [0.05, 0.1) is 0 Å². The fourth-order valence-electron chi connectivity index (χ4n) is 1.00. The molecule has 0 N–H and O–H groups in total. The molecule has 2 heteroatoms. The van der Waals surface area contributed by atoms with Crippen molar-refractivity contribution in [1.82, 2.24) is 0 Å². The van der Waals surface area contributed by atoms with Gasteiger partial charge in [-0.25, -0.2) is 0 Å². The highest BCUT2D eigenvalue weighted by atomic mass is 79.9. The second-order valence-electron chi connectivity index (χ2n) is 2.49. The molecule has 0 spiro atoms. The maximum atomic E-state index is 5.95. The average Bonchev–Trinajstić information content (AvgIpc) is 1.98. The molecular weight excluding hydrogens is 223 g/mol. The van der Waals surface area contributed by atoms with Gasteiger partial charge in [0, 0.05) is 9.50 Å². The van der Waals surface area contributed by atoms with E-state index in [1.54, 1.807) is 0 Å². The van der Waals surface area contributed by atoms with Crippen molar-refractivity contribution in [3.05, 3.63) is 33.3 Å². The predicted molar refractivity (Wildman–Crippen MR) is 53.1 cm³/mol. The molecule has 60 valence electrons. The summed E-state index contributed by atoms with van der Waals surface area (Å²) in [6.45, 7) is 2.15. The Morgan fingerprint density at radius 2 is 2.18 bits per heavy atom. The minimum absolute atomic E-state index is 0.870. The third kappa shape index (κ3) is 2.49. The van der Waals surface area contributed by atoms with E-state index in [-0.39, 0.29) is 0 Å². The van der Waals surface area contributed by atoms with Crippen LogP contribution in [0.4, 0.5) is 0 Å². The summed E-state index contributed by atoms with van der Waals surface area (Å²) in [6, 6.07) is 5.96. The molecular formula is C9H10BrCl. The quantitative estimate of drug-likeness (QED) is 0.723. The van der Waals surface area contributed by atoms with Crippen molar-refractivity contribution >= 4 is 27.5 Å². The van der Waals surface area contributed by atoms with E-state index in [0.717, 1.165) is 22.3 Å². The Morgan fingerprint density at radius 3 is 2.82 bits per heavy atom. The first-order chi connectivity index (χ1) is 5.24. The lowest BCUT2D eigenvalue weighted by atomic mass is 10.1. The maximum absolute atomic E-state index is 5.95. The molecule has 11 heavy (non-hydrogen) atoms. The second kappa shape index (κ2) is 4.13. The van der Waals surface area contributed by atoms with Crippen molar-refractivity contribution in [2.45, 2.75) is 19.8 Å². The zero-order valence-corrected chi connectivity index (χ0v) is 8.74. The van der Waals surface area contributed by atoms with Crippen LogP contribution in [0, 0.1) is 0 Å². The van der Waals surface area contributed by atoms with Gasteiger partial charge < -0.3 is 0 Å². The van der Waals surface area contributed by atoms with Gasteiger partial charge in [0.25, 0.3) is 0 Å². The molecule has 0 fully saturated rings. The SMILES string of the molecule is CCCc1cc(Br)ccc1Cl. The standard InChI is InChI=1S/C9H10BrCl/c1-2-3-7-6-8(10)4-5-9(7)11/h4-6H,2-3H2,1H3. The van der Waals surface area contributed by atoms with Gasteiger partial charge in [-0.15, -0.1) is 0 Å². The molecule has 0 radical (unpaired) electrons. The van der Waals surface area contributed by atoms with Gasteiger partial charge in [-0.1, -0.05) is 40.9 Å². The van der Waals surface area contributed by atoms with Crippen LogP contribution in [0.2, 0.25) is 5.02 Å². The van der Waals surface area contributed by atoms with Crippen molar-refractivity contribution in [3.63, 3.8) is 0 Å². The van der Waals surface area contributed by atoms with E-state index in [1.807, 2.05) is 12.1 Å². The molecule has 0 atom stereocenters. The maximum Gasteiger partial charge on any atom is 0.0438 e. The Hall–Kier alpha value is -0.0100. The van der Waals surface area contributed by atoms with Gasteiger partial charge >= 0.3 is 0 Å². The lowest BCUT2D eigenvalue weighted by molar-refractivity contribution is 0.921. The summed E-state index contributed by atoms with van der Waals surface area (Å²) < 4.78 is 1.10. The van der Waals surface area contributed by atoms with Crippen LogP contribution in [0.15, 0.2) is 22.7 Å². The van der Waals surface area contributed by atoms with E-state index in [2.05, 4.69) is 28.9 Å². The predicted octanol–water partition coefficient (Wildman–Crippen LogP) is 4.06. The molecule has 0 heterocycles. The molecule has 0 saturated carbocycles. The molecule has 0 unspecified atom stereocenters. The summed E-state index contributed by atoms with van der Waals surface area (Å²) in [5.74, 6) is 0. The van der Waals surface area contributed by atoms with Crippen molar-refractivity contribution in [2.75, 3.05) is 0 Å². The highest BCUT2D eigenvalue weighted by Gasteiger charge is 1.98. The molecule has 1 aromatic rings. The highest BCUT2D eigenvalue weighted by molar-refractivity contribution is 9.10. The van der Waals surface area contributed by atoms with E-state index in [9.17, 15) is 0 Å². The van der Waals surface area contributed by atoms with Gasteiger partial charge in [0.1, 0.15) is 0 Å². The molecule has 0 aliphatic carbocycles. The first kappa shape index (κ1) is 9.08. The largest absolute Gasteiger partial charge is 0.0840 e. The van der Waals surface area contributed by atoms with Gasteiger partial charge in [-0.3, -0.25) is 0 Å². The van der Waals surface area contributed by atoms with Crippen molar-refractivity contribution in [1.29, 1.82) is 0 Å². The monoisotopic (exact) mass is 232 g/mol. The average molecular weight is 234 g/mol. The van der Waals surface area contributed by atoms with Crippen LogP contribution >= 0.6 is 27.5 Å². The Bertz CT molecular complexity index is 245. The van der Waals surface area contributed by atoms with Crippen LogP contribution in [0.1, 0.15) is 18.9 Å². The molecule has 0 saturated heterocycles. The second-order valence-corrected chi connectivity index (χ2v) is 3.81. The summed E-state index contributed by atoms with van der Waals surface area (Å²) in [6.07, 6.45) is 2.19. The third-order valence-corrected chi connectivity index (χ3v) is 2.39. The van der Waals surface area contributed by atoms with Crippen LogP contribution in [0.3, 0.4) is 0 Å². The van der Waals surface area contributed by atoms with E-state index < -0.39 is 0 Å². The minimum Gasteiger partial charge on any atom is -0.0840 e. The van der Waals surface area contributed by atoms with E-state index >= 15 is 0 Å². The Balaban J connectivity index is 2.93. The zero-order valence-electron chi connectivity index (χ0n) is 6.40. The highest BCUT2D eigenvalue weighted by Crippen LogP contribution is 2.21. The summed E-state index contributed by atoms with van der Waals surface area (Å²) in [7, 11) is 0. The van der Waals surface area contributed by atoms with Crippen molar-refractivity contribution < 1.29 is 0 Å². The summed E-state index contributed by atoms with van der Waals surface area (Å²) in [4.78, 5) is 0. The fourth-order valence-corrected chi connectivity index (χ4v) is 1.62. The molecule has 0 nitrogen and oxygen atoms in total. The number of aryl methyl sites for hydroxylation is 1. The number of hydrogen-bond acceptors (Lipinski definition) is 0. The molecule has 0 aromatic heterocycles. The van der Waals surface area contributed by atoms with Crippen LogP contribution in [0.25, 0.3) is 0 Å². The zero-order chi connectivity index (χ0) is 8.27. The summed E-state index contributed by atoms with van der Waals surface area (Å²) in [5.41, 5.74) is 1.23. The van der Waals surface area contributed by atoms with Gasteiger partial charge in [-0.05, 0) is 30.2 Å². The van der Waals surface area contributed by atoms with Gasteiger partial charge in [-0.2, -0.15) is 0 Å².